The van der Waals surface area contributed by atoms with Gasteiger partial charge in [-0.1, -0.05) is 67.9 Å². The van der Waals surface area contributed by atoms with Crippen LogP contribution >= 0.6 is 0 Å². The molecular formula is C29H29NO7. The van der Waals surface area contributed by atoms with Crippen molar-refractivity contribution >= 4 is 23.8 Å². The molecule has 0 aliphatic heterocycles. The predicted molar refractivity (Wildman–Crippen MR) is 137 cm³/mol. The first-order valence-corrected chi connectivity index (χ1v) is 11.7. The lowest BCUT2D eigenvalue weighted by Crippen LogP contribution is -2.32. The lowest BCUT2D eigenvalue weighted by atomic mass is 10.1. The quantitative estimate of drug-likeness (QED) is 0.224. The maximum Gasteiger partial charge on any atom is 0.410 e. The van der Waals surface area contributed by atoms with Crippen LogP contribution < -0.4 is 9.47 Å². The van der Waals surface area contributed by atoms with Crippen molar-refractivity contribution in [3.63, 3.8) is 0 Å². The molecule has 0 aliphatic rings. The molecule has 0 aromatic heterocycles. The number of amides is 1. The highest BCUT2D eigenvalue weighted by molar-refractivity contribution is 5.98. The van der Waals surface area contributed by atoms with Gasteiger partial charge in [0, 0.05) is 12.6 Å². The summed E-state index contributed by atoms with van der Waals surface area (Å²) in [4.78, 5) is 50.8. The lowest BCUT2D eigenvalue weighted by Gasteiger charge is -2.17. The number of Topliss-reactive ketones (excluding diaryl/α,β-unsaturated/α-hetero) is 1. The van der Waals surface area contributed by atoms with Gasteiger partial charge in [-0.3, -0.25) is 9.59 Å². The molecule has 8 nitrogen and oxygen atoms in total. The zero-order valence-corrected chi connectivity index (χ0v) is 21.2. The molecule has 192 valence electrons. The molecule has 0 aliphatic carbocycles. The number of esters is 2. The minimum atomic E-state index is -0.695. The number of ketones is 1. The zero-order chi connectivity index (χ0) is 26.9. The van der Waals surface area contributed by atoms with E-state index in [1.165, 1.54) is 24.1 Å². The number of aryl methyl sites for hydroxylation is 1. The molecule has 8 heteroatoms. The molecule has 0 heterocycles. The van der Waals surface area contributed by atoms with Gasteiger partial charge in [-0.05, 0) is 36.8 Å². The van der Waals surface area contributed by atoms with Crippen molar-refractivity contribution < 1.29 is 33.4 Å². The lowest BCUT2D eigenvalue weighted by molar-refractivity contribution is -0.137. The first kappa shape index (κ1) is 27.1. The van der Waals surface area contributed by atoms with E-state index in [4.69, 9.17) is 14.2 Å². The van der Waals surface area contributed by atoms with Crippen LogP contribution in [-0.4, -0.2) is 42.3 Å². The number of benzene rings is 3. The molecule has 0 saturated heterocycles. The van der Waals surface area contributed by atoms with Gasteiger partial charge in [0.25, 0.3) is 0 Å². The summed E-state index contributed by atoms with van der Waals surface area (Å²) in [6.45, 7) is 4.97. The van der Waals surface area contributed by atoms with Crippen molar-refractivity contribution in [3.05, 3.63) is 95.1 Å². The average molecular weight is 504 g/mol. The number of nitrogens with zero attached hydrogens (tertiary/aromatic N) is 1. The number of carbonyl (C=O) groups is 4. The molecule has 0 radical (unpaired) electrons. The van der Waals surface area contributed by atoms with Crippen molar-refractivity contribution in [3.8, 4) is 11.5 Å². The van der Waals surface area contributed by atoms with Crippen molar-refractivity contribution in [2.75, 3.05) is 13.6 Å². The van der Waals surface area contributed by atoms with Crippen LogP contribution in [0.15, 0.2) is 72.8 Å². The fourth-order valence-electron chi connectivity index (χ4n) is 3.13. The van der Waals surface area contributed by atoms with Crippen molar-refractivity contribution in [1.82, 2.24) is 4.90 Å². The molecule has 0 spiro atoms. The van der Waals surface area contributed by atoms with E-state index in [1.807, 2.05) is 6.92 Å². The standard InChI is InChI=1S/C29H29NO7/c1-19(2)27(32)37-26-16-21(12-15-25(26)36-28(33)23-13-10-20(3)11-14-23)18-35-29(34)30(4)17-24(31)22-8-6-5-7-9-22/h5-16,19H,17-18H2,1-4H3. The van der Waals surface area contributed by atoms with Crippen LogP contribution in [0.25, 0.3) is 0 Å². The third-order valence-electron chi connectivity index (χ3n) is 5.33. The third kappa shape index (κ3) is 7.76. The fraction of sp³-hybridized carbons (Fsp3) is 0.241. The second-order valence-corrected chi connectivity index (χ2v) is 8.81. The molecule has 0 atom stereocenters. The van der Waals surface area contributed by atoms with Gasteiger partial charge in [-0.15, -0.1) is 0 Å². The smallest absolute Gasteiger partial charge is 0.410 e. The maximum absolute atomic E-state index is 12.6. The van der Waals surface area contributed by atoms with Crippen LogP contribution in [-0.2, 0) is 16.1 Å². The molecule has 3 aromatic carbocycles. The van der Waals surface area contributed by atoms with E-state index in [-0.39, 0.29) is 30.4 Å². The Morgan fingerprint density at radius 1 is 0.811 bits per heavy atom. The Balaban J connectivity index is 1.69. The summed E-state index contributed by atoms with van der Waals surface area (Å²) in [6.07, 6.45) is -0.695. The van der Waals surface area contributed by atoms with E-state index in [2.05, 4.69) is 0 Å². The number of rotatable bonds is 9. The third-order valence-corrected chi connectivity index (χ3v) is 5.33. The summed E-state index contributed by atoms with van der Waals surface area (Å²) in [5.41, 5.74) is 2.34. The second-order valence-electron chi connectivity index (χ2n) is 8.81. The Morgan fingerprint density at radius 3 is 2.14 bits per heavy atom. The summed E-state index contributed by atoms with van der Waals surface area (Å²) < 4.78 is 16.3. The molecule has 3 rings (SSSR count). The Hall–Kier alpha value is -4.46. The summed E-state index contributed by atoms with van der Waals surface area (Å²) in [5, 5.41) is 0. The highest BCUT2D eigenvalue weighted by atomic mass is 16.6. The largest absolute Gasteiger partial charge is 0.445 e. The Morgan fingerprint density at radius 2 is 1.49 bits per heavy atom. The normalized spacial score (nSPS) is 10.5. The summed E-state index contributed by atoms with van der Waals surface area (Å²) >= 11 is 0. The Kier molecular flexibility index (Phi) is 9.16. The molecule has 3 aromatic rings. The number of hydrogen-bond acceptors (Lipinski definition) is 7. The SMILES string of the molecule is Cc1ccc(C(=O)Oc2ccc(COC(=O)N(C)CC(=O)c3ccccc3)cc2OC(=O)C(C)C)cc1. The Bertz CT molecular complexity index is 1270. The summed E-state index contributed by atoms with van der Waals surface area (Å²) in [6, 6.07) is 20.0. The number of hydrogen-bond donors (Lipinski definition) is 0. The van der Waals surface area contributed by atoms with E-state index < -0.39 is 23.9 Å². The van der Waals surface area contributed by atoms with Gasteiger partial charge in [0.2, 0.25) is 0 Å². The molecule has 37 heavy (non-hydrogen) atoms. The molecule has 0 saturated carbocycles. The highest BCUT2D eigenvalue weighted by Gasteiger charge is 2.19. The second kappa shape index (κ2) is 12.5. The first-order valence-electron chi connectivity index (χ1n) is 11.7. The van der Waals surface area contributed by atoms with Crippen LogP contribution in [0.1, 0.15) is 45.7 Å². The molecule has 0 bridgehead atoms. The van der Waals surface area contributed by atoms with E-state index in [9.17, 15) is 19.2 Å². The van der Waals surface area contributed by atoms with Gasteiger partial charge < -0.3 is 19.1 Å². The Labute approximate surface area is 215 Å². The summed E-state index contributed by atoms with van der Waals surface area (Å²) in [7, 11) is 1.46. The predicted octanol–water partition coefficient (Wildman–Crippen LogP) is 5.23. The number of carbonyl (C=O) groups excluding carboxylic acids is 4. The molecule has 0 fully saturated rings. The van der Waals surface area contributed by atoms with Crippen molar-refractivity contribution in [2.24, 2.45) is 5.92 Å². The van der Waals surface area contributed by atoms with Gasteiger partial charge >= 0.3 is 18.0 Å². The number of ether oxygens (including phenoxy) is 3. The molecule has 0 N–H and O–H groups in total. The first-order chi connectivity index (χ1) is 17.6. The molecule has 1 amide bonds. The molecular weight excluding hydrogens is 474 g/mol. The van der Waals surface area contributed by atoms with E-state index in [1.54, 1.807) is 74.5 Å². The minimum absolute atomic E-state index is 0.0281. The fourth-order valence-corrected chi connectivity index (χ4v) is 3.13. The zero-order valence-electron chi connectivity index (χ0n) is 21.2. The highest BCUT2D eigenvalue weighted by Crippen LogP contribution is 2.30. The van der Waals surface area contributed by atoms with Gasteiger partial charge in [-0.2, -0.15) is 0 Å². The van der Waals surface area contributed by atoms with Crippen LogP contribution in [0.5, 0.6) is 11.5 Å². The van der Waals surface area contributed by atoms with Crippen LogP contribution in [0.4, 0.5) is 4.79 Å². The van der Waals surface area contributed by atoms with Crippen LogP contribution in [0.2, 0.25) is 0 Å². The van der Waals surface area contributed by atoms with Crippen LogP contribution in [0.3, 0.4) is 0 Å². The van der Waals surface area contributed by atoms with Gasteiger partial charge in [0.1, 0.15) is 6.61 Å². The van der Waals surface area contributed by atoms with Crippen molar-refractivity contribution in [1.29, 1.82) is 0 Å². The van der Waals surface area contributed by atoms with Gasteiger partial charge in [0.05, 0.1) is 18.0 Å². The van der Waals surface area contributed by atoms with Gasteiger partial charge in [-0.25, -0.2) is 9.59 Å². The van der Waals surface area contributed by atoms with Crippen LogP contribution in [0, 0.1) is 12.8 Å². The monoisotopic (exact) mass is 503 g/mol. The topological polar surface area (TPSA) is 99.2 Å². The van der Waals surface area contributed by atoms with E-state index in [0.29, 0.717) is 16.7 Å². The van der Waals surface area contributed by atoms with Gasteiger partial charge in [0.15, 0.2) is 17.3 Å². The molecule has 0 unspecified atom stereocenters. The van der Waals surface area contributed by atoms with E-state index >= 15 is 0 Å². The minimum Gasteiger partial charge on any atom is -0.445 e. The number of likely N-dealkylation sites (N-methyl/N-ethyl adjacent to an activating group) is 1. The summed E-state index contributed by atoms with van der Waals surface area (Å²) in [5.74, 6) is -1.67. The van der Waals surface area contributed by atoms with E-state index in [0.717, 1.165) is 5.56 Å². The average Bonchev–Trinajstić information content (AvgIpc) is 2.89. The maximum atomic E-state index is 12.6. The van der Waals surface area contributed by atoms with Crippen molar-refractivity contribution in [2.45, 2.75) is 27.4 Å².